The highest BCUT2D eigenvalue weighted by Gasteiger charge is 2.25. The zero-order valence-corrected chi connectivity index (χ0v) is 22.5. The molecule has 0 bridgehead atoms. The van der Waals surface area contributed by atoms with Crippen LogP contribution in [0, 0.1) is 23.0 Å². The minimum atomic E-state index is -0.798. The summed E-state index contributed by atoms with van der Waals surface area (Å²) < 4.78 is 6.26. The van der Waals surface area contributed by atoms with Gasteiger partial charge in [-0.3, -0.25) is 14.9 Å². The van der Waals surface area contributed by atoms with Crippen molar-refractivity contribution in [2.24, 2.45) is 5.92 Å². The van der Waals surface area contributed by atoms with Gasteiger partial charge in [0.25, 0.3) is 11.6 Å². The maximum Gasteiger partial charge on any atom is 0.338 e. The number of hydrogen-bond acceptors (Lipinski definition) is 8. The molecule has 200 valence electrons. The van der Waals surface area contributed by atoms with Gasteiger partial charge in [0.05, 0.1) is 20.7 Å². The van der Waals surface area contributed by atoms with Gasteiger partial charge in [-0.25, -0.2) is 9.78 Å². The van der Waals surface area contributed by atoms with Crippen molar-refractivity contribution >= 4 is 50.5 Å². The first-order valence-electron chi connectivity index (χ1n) is 12.7. The molecule has 0 saturated carbocycles. The molecular weight excluding hydrogens is 516 g/mol. The molecule has 1 atom stereocenters. The van der Waals surface area contributed by atoms with E-state index >= 15 is 0 Å². The highest BCUT2D eigenvalue weighted by atomic mass is 32.1. The normalized spacial score (nSPS) is 15.2. The fraction of sp³-hybridized carbons (Fsp3) is 0.276. The number of esters is 1. The number of hydrogen-bond donors (Lipinski definition) is 1. The van der Waals surface area contributed by atoms with E-state index in [9.17, 15) is 19.7 Å². The Bertz CT molecular complexity index is 1550. The Morgan fingerprint density at radius 1 is 1.15 bits per heavy atom. The number of benzene rings is 3. The number of carbonyl (C=O) groups excluding carboxylic acids is 2. The standard InChI is InChI=1S/C29H28N4O5S/c1-18-5-11-23-26(14-18)39-28(31-23)20-6-9-22(10-7-20)30-27(34)17-38-29(35)21-8-12-24(25(15-21)33(36)37)32-13-3-4-19(2)16-32/h5-12,14-15,19H,3-4,13,16-17H2,1-2H3,(H,30,34). The number of nitro benzene ring substituents is 1. The number of amides is 1. The van der Waals surface area contributed by atoms with Gasteiger partial charge in [-0.15, -0.1) is 11.3 Å². The Kier molecular flexibility index (Phi) is 7.56. The second-order valence-electron chi connectivity index (χ2n) is 9.85. The molecular formula is C29H28N4O5S. The Morgan fingerprint density at radius 3 is 2.69 bits per heavy atom. The molecule has 1 N–H and O–H groups in total. The Morgan fingerprint density at radius 2 is 1.95 bits per heavy atom. The highest BCUT2D eigenvalue weighted by Crippen LogP contribution is 2.33. The molecule has 5 rings (SSSR count). The van der Waals surface area contributed by atoms with Gasteiger partial charge in [-0.2, -0.15) is 0 Å². The summed E-state index contributed by atoms with van der Waals surface area (Å²) in [6, 6.07) is 17.7. The number of ether oxygens (including phenoxy) is 1. The fourth-order valence-corrected chi connectivity index (χ4v) is 5.80. The van der Waals surface area contributed by atoms with Crippen molar-refractivity contribution in [3.05, 3.63) is 81.9 Å². The van der Waals surface area contributed by atoms with Crippen molar-refractivity contribution in [3.63, 3.8) is 0 Å². The second-order valence-corrected chi connectivity index (χ2v) is 10.9. The number of thiazole rings is 1. The minimum absolute atomic E-state index is 0.0266. The summed E-state index contributed by atoms with van der Waals surface area (Å²) in [6.45, 7) is 5.11. The van der Waals surface area contributed by atoms with Gasteiger partial charge in [-0.1, -0.05) is 13.0 Å². The van der Waals surface area contributed by atoms with E-state index in [1.807, 2.05) is 36.1 Å². The molecule has 1 aliphatic rings. The number of anilines is 2. The van der Waals surface area contributed by atoms with Crippen LogP contribution in [-0.2, 0) is 9.53 Å². The first kappa shape index (κ1) is 26.3. The van der Waals surface area contributed by atoms with E-state index in [0.29, 0.717) is 17.3 Å². The Labute approximate surface area is 229 Å². The molecule has 4 aromatic rings. The van der Waals surface area contributed by atoms with Gasteiger partial charge < -0.3 is 15.0 Å². The molecule has 1 amide bonds. The summed E-state index contributed by atoms with van der Waals surface area (Å²) in [5.74, 6) is -0.872. The molecule has 2 heterocycles. The molecule has 1 aliphatic heterocycles. The lowest BCUT2D eigenvalue weighted by Gasteiger charge is -2.32. The molecule has 0 spiro atoms. The number of aryl methyl sites for hydroxylation is 1. The van der Waals surface area contributed by atoms with Crippen LogP contribution in [0.3, 0.4) is 0 Å². The lowest BCUT2D eigenvalue weighted by Crippen LogP contribution is -2.34. The number of rotatable bonds is 7. The first-order valence-corrected chi connectivity index (χ1v) is 13.6. The van der Waals surface area contributed by atoms with E-state index in [1.54, 1.807) is 29.5 Å². The van der Waals surface area contributed by atoms with Crippen LogP contribution in [0.2, 0.25) is 0 Å². The van der Waals surface area contributed by atoms with Crippen molar-refractivity contribution in [3.8, 4) is 10.6 Å². The summed E-state index contributed by atoms with van der Waals surface area (Å²) in [6.07, 6.45) is 2.05. The quantitative estimate of drug-likeness (QED) is 0.167. The van der Waals surface area contributed by atoms with Crippen LogP contribution in [0.4, 0.5) is 17.1 Å². The third kappa shape index (κ3) is 6.06. The van der Waals surface area contributed by atoms with E-state index in [2.05, 4.69) is 23.3 Å². The predicted molar refractivity (Wildman–Crippen MR) is 152 cm³/mol. The van der Waals surface area contributed by atoms with Crippen molar-refractivity contribution in [1.82, 2.24) is 4.98 Å². The predicted octanol–water partition coefficient (Wildman–Crippen LogP) is 6.21. The van der Waals surface area contributed by atoms with Gasteiger partial charge in [0.2, 0.25) is 0 Å². The number of nitrogens with one attached hydrogen (secondary N) is 1. The molecule has 39 heavy (non-hydrogen) atoms. The summed E-state index contributed by atoms with van der Waals surface area (Å²) in [5, 5.41) is 15.3. The Hall–Kier alpha value is -4.31. The molecule has 9 nitrogen and oxygen atoms in total. The van der Waals surface area contributed by atoms with Gasteiger partial charge in [0.15, 0.2) is 6.61 Å². The number of piperidine rings is 1. The van der Waals surface area contributed by atoms with Crippen LogP contribution < -0.4 is 10.2 Å². The summed E-state index contributed by atoms with van der Waals surface area (Å²) >= 11 is 1.60. The first-order chi connectivity index (χ1) is 18.8. The van der Waals surface area contributed by atoms with Crippen molar-refractivity contribution in [2.45, 2.75) is 26.7 Å². The van der Waals surface area contributed by atoms with Gasteiger partial charge in [0, 0.05) is 30.4 Å². The van der Waals surface area contributed by atoms with E-state index < -0.39 is 23.4 Å². The van der Waals surface area contributed by atoms with Crippen molar-refractivity contribution < 1.29 is 19.2 Å². The molecule has 1 unspecified atom stereocenters. The van der Waals surface area contributed by atoms with E-state index in [1.165, 1.54) is 17.7 Å². The van der Waals surface area contributed by atoms with Gasteiger partial charge in [0.1, 0.15) is 10.7 Å². The average Bonchev–Trinajstić information content (AvgIpc) is 3.35. The molecule has 0 aliphatic carbocycles. The van der Waals surface area contributed by atoms with E-state index in [-0.39, 0.29) is 11.3 Å². The smallest absolute Gasteiger partial charge is 0.338 e. The molecule has 0 radical (unpaired) electrons. The average molecular weight is 545 g/mol. The minimum Gasteiger partial charge on any atom is -0.452 e. The number of carbonyl (C=O) groups is 2. The van der Waals surface area contributed by atoms with Crippen LogP contribution in [-0.4, -0.2) is 41.5 Å². The van der Waals surface area contributed by atoms with Crippen LogP contribution in [0.1, 0.15) is 35.7 Å². The van der Waals surface area contributed by atoms with Crippen LogP contribution >= 0.6 is 11.3 Å². The molecule has 1 aromatic heterocycles. The van der Waals surface area contributed by atoms with Gasteiger partial charge in [-0.05, 0) is 79.8 Å². The maximum absolute atomic E-state index is 12.6. The number of fused-ring (bicyclic) bond motifs is 1. The van der Waals surface area contributed by atoms with Crippen LogP contribution in [0.5, 0.6) is 0 Å². The summed E-state index contributed by atoms with van der Waals surface area (Å²) in [4.78, 5) is 42.9. The molecule has 1 fully saturated rings. The van der Waals surface area contributed by atoms with Crippen molar-refractivity contribution in [2.75, 3.05) is 29.9 Å². The molecule has 10 heteroatoms. The molecule has 3 aromatic carbocycles. The Balaban J connectivity index is 1.19. The third-order valence-electron chi connectivity index (χ3n) is 6.70. The third-order valence-corrected chi connectivity index (χ3v) is 7.77. The maximum atomic E-state index is 12.6. The molecule has 1 saturated heterocycles. The van der Waals surface area contributed by atoms with Gasteiger partial charge >= 0.3 is 5.97 Å². The van der Waals surface area contributed by atoms with E-state index in [4.69, 9.17) is 4.74 Å². The number of nitro groups is 1. The van der Waals surface area contributed by atoms with E-state index in [0.717, 1.165) is 46.7 Å². The largest absolute Gasteiger partial charge is 0.452 e. The highest BCUT2D eigenvalue weighted by molar-refractivity contribution is 7.21. The monoisotopic (exact) mass is 544 g/mol. The van der Waals surface area contributed by atoms with Crippen LogP contribution in [0.15, 0.2) is 60.7 Å². The lowest BCUT2D eigenvalue weighted by molar-refractivity contribution is -0.384. The zero-order chi connectivity index (χ0) is 27.5. The SMILES string of the molecule is Cc1ccc2nc(-c3ccc(NC(=O)COC(=O)c4ccc(N5CCCC(C)C5)c([N+](=O)[O-])c4)cc3)sc2c1. The number of aromatic nitrogens is 1. The second kappa shape index (κ2) is 11.2. The zero-order valence-electron chi connectivity index (χ0n) is 21.7. The lowest BCUT2D eigenvalue weighted by atomic mass is 9.99. The topological polar surface area (TPSA) is 115 Å². The fourth-order valence-electron chi connectivity index (χ4n) is 4.74. The summed E-state index contributed by atoms with van der Waals surface area (Å²) in [5.41, 5.74) is 3.98. The van der Waals surface area contributed by atoms with Crippen LogP contribution in [0.25, 0.3) is 20.8 Å². The number of nitrogens with zero attached hydrogens (tertiary/aromatic N) is 3. The van der Waals surface area contributed by atoms with Crippen molar-refractivity contribution in [1.29, 1.82) is 0 Å². The summed E-state index contributed by atoms with van der Waals surface area (Å²) in [7, 11) is 0.